The molecule has 0 atom stereocenters. The molecule has 0 aliphatic rings. The van der Waals surface area contributed by atoms with Crippen LogP contribution in [0.4, 0.5) is 5.82 Å². The number of aromatic nitrogens is 3. The van der Waals surface area contributed by atoms with E-state index in [-0.39, 0.29) is 0 Å². The molecule has 0 aliphatic carbocycles. The van der Waals surface area contributed by atoms with Crippen LogP contribution in [0.3, 0.4) is 0 Å². The molecule has 2 heterocycles. The summed E-state index contributed by atoms with van der Waals surface area (Å²) in [7, 11) is 1.32. The van der Waals surface area contributed by atoms with E-state index in [1.54, 1.807) is 0 Å². The predicted molar refractivity (Wildman–Crippen MR) is 69.7 cm³/mol. The van der Waals surface area contributed by atoms with Gasteiger partial charge in [-0.1, -0.05) is 6.07 Å². The van der Waals surface area contributed by atoms with Crippen molar-refractivity contribution in [2.24, 2.45) is 0 Å². The van der Waals surface area contributed by atoms with Crippen molar-refractivity contribution in [3.8, 4) is 0 Å². The average molecular weight is 258 g/mol. The molecule has 0 fully saturated rings. The van der Waals surface area contributed by atoms with Gasteiger partial charge in [-0.3, -0.25) is 4.98 Å². The molecule has 0 unspecified atom stereocenters. The number of aryl methyl sites for hydroxylation is 1. The number of hydrogen-bond acceptors (Lipinski definition) is 6. The lowest BCUT2D eigenvalue weighted by Crippen LogP contribution is -2.11. The summed E-state index contributed by atoms with van der Waals surface area (Å²) >= 11 is 0. The van der Waals surface area contributed by atoms with Crippen LogP contribution >= 0.6 is 0 Å². The Bertz CT molecular complexity index is 586. The molecule has 6 heteroatoms. The molecular formula is C13H14N4O2. The van der Waals surface area contributed by atoms with Crippen molar-refractivity contribution >= 4 is 11.8 Å². The molecule has 1 N–H and O–H groups in total. The molecule has 0 amide bonds. The van der Waals surface area contributed by atoms with Gasteiger partial charge in [-0.25, -0.2) is 14.8 Å². The van der Waals surface area contributed by atoms with E-state index in [0.717, 1.165) is 11.4 Å². The zero-order chi connectivity index (χ0) is 13.7. The lowest BCUT2D eigenvalue weighted by molar-refractivity contribution is 0.0601. The van der Waals surface area contributed by atoms with Crippen LogP contribution in [0.15, 0.2) is 30.7 Å². The Labute approximate surface area is 110 Å². The Hall–Kier alpha value is -2.50. The fraction of sp³-hybridized carbons (Fsp3) is 0.231. The van der Waals surface area contributed by atoms with E-state index in [4.69, 9.17) is 0 Å². The number of carbonyl (C=O) groups is 1. The number of carbonyl (C=O) groups excluding carboxylic acids is 1. The number of pyridine rings is 1. The Morgan fingerprint density at radius 2 is 2.26 bits per heavy atom. The summed E-state index contributed by atoms with van der Waals surface area (Å²) in [6.07, 6.45) is 2.79. The first-order valence-corrected chi connectivity index (χ1v) is 5.75. The van der Waals surface area contributed by atoms with E-state index in [1.807, 2.05) is 25.1 Å². The Balaban J connectivity index is 2.13. The minimum atomic E-state index is -0.472. The highest BCUT2D eigenvalue weighted by Gasteiger charge is 2.12. The number of nitrogens with zero attached hydrogens (tertiary/aromatic N) is 3. The van der Waals surface area contributed by atoms with Crippen molar-refractivity contribution in [2.75, 3.05) is 12.4 Å². The van der Waals surface area contributed by atoms with E-state index in [1.165, 1.54) is 19.6 Å². The standard InChI is InChI=1S/C13H14N4O2/c1-9-4-3-5-10(17-9)6-15-12-11(13(18)19-2)7-14-8-16-12/h3-5,7-8H,6H2,1-2H3,(H,14,15,16). The van der Waals surface area contributed by atoms with Gasteiger partial charge < -0.3 is 10.1 Å². The van der Waals surface area contributed by atoms with Crippen LogP contribution in [0.25, 0.3) is 0 Å². The van der Waals surface area contributed by atoms with Crippen LogP contribution in [0.1, 0.15) is 21.7 Å². The highest BCUT2D eigenvalue weighted by Crippen LogP contribution is 2.12. The SMILES string of the molecule is COC(=O)c1cncnc1NCc1cccc(C)n1. The predicted octanol–water partition coefficient (Wildman–Crippen LogP) is 1.58. The van der Waals surface area contributed by atoms with Crippen molar-refractivity contribution in [1.82, 2.24) is 15.0 Å². The summed E-state index contributed by atoms with van der Waals surface area (Å²) in [6, 6.07) is 5.76. The topological polar surface area (TPSA) is 77.0 Å². The summed E-state index contributed by atoms with van der Waals surface area (Å²) in [5.74, 6) is -0.0366. The zero-order valence-corrected chi connectivity index (χ0v) is 10.8. The lowest BCUT2D eigenvalue weighted by Gasteiger charge is -2.08. The van der Waals surface area contributed by atoms with Gasteiger partial charge in [0.2, 0.25) is 0 Å². The second-order valence-corrected chi connectivity index (χ2v) is 3.90. The number of methoxy groups -OCH3 is 1. The molecule has 0 spiro atoms. The first kappa shape index (κ1) is 12.9. The third-order valence-corrected chi connectivity index (χ3v) is 2.50. The van der Waals surface area contributed by atoms with Crippen molar-refractivity contribution in [3.05, 3.63) is 47.7 Å². The Kier molecular flexibility index (Phi) is 4.02. The van der Waals surface area contributed by atoms with E-state index in [2.05, 4.69) is 25.0 Å². The second kappa shape index (κ2) is 5.90. The van der Waals surface area contributed by atoms with Gasteiger partial charge >= 0.3 is 5.97 Å². The monoisotopic (exact) mass is 258 g/mol. The number of anilines is 1. The molecule has 6 nitrogen and oxygen atoms in total. The number of hydrogen-bond donors (Lipinski definition) is 1. The van der Waals surface area contributed by atoms with Crippen LogP contribution in [-0.4, -0.2) is 28.0 Å². The van der Waals surface area contributed by atoms with E-state index in [0.29, 0.717) is 17.9 Å². The maximum Gasteiger partial charge on any atom is 0.343 e. The first-order chi connectivity index (χ1) is 9.20. The van der Waals surface area contributed by atoms with Gasteiger partial charge in [0.15, 0.2) is 0 Å². The van der Waals surface area contributed by atoms with Crippen molar-refractivity contribution in [2.45, 2.75) is 13.5 Å². The van der Waals surface area contributed by atoms with Gasteiger partial charge in [-0.2, -0.15) is 0 Å². The summed E-state index contributed by atoms with van der Waals surface area (Å²) in [5, 5.41) is 3.06. The van der Waals surface area contributed by atoms with Gasteiger partial charge in [-0.05, 0) is 19.1 Å². The average Bonchev–Trinajstić information content (AvgIpc) is 2.45. The van der Waals surface area contributed by atoms with Crippen molar-refractivity contribution in [3.63, 3.8) is 0 Å². The maximum atomic E-state index is 11.5. The van der Waals surface area contributed by atoms with Crippen LogP contribution in [-0.2, 0) is 11.3 Å². The molecule has 2 rings (SSSR count). The van der Waals surface area contributed by atoms with Gasteiger partial charge in [0.25, 0.3) is 0 Å². The number of ether oxygens (including phenoxy) is 1. The minimum absolute atomic E-state index is 0.303. The van der Waals surface area contributed by atoms with Gasteiger partial charge in [0.1, 0.15) is 17.7 Å². The minimum Gasteiger partial charge on any atom is -0.465 e. The van der Waals surface area contributed by atoms with Gasteiger partial charge in [0, 0.05) is 11.9 Å². The second-order valence-electron chi connectivity index (χ2n) is 3.90. The number of esters is 1. The molecule has 0 aliphatic heterocycles. The van der Waals surface area contributed by atoms with Crippen molar-refractivity contribution < 1.29 is 9.53 Å². The van der Waals surface area contributed by atoms with Crippen LogP contribution in [0, 0.1) is 6.92 Å². The molecule has 0 bridgehead atoms. The number of rotatable bonds is 4. The van der Waals surface area contributed by atoms with Crippen LogP contribution in [0.2, 0.25) is 0 Å². The third-order valence-electron chi connectivity index (χ3n) is 2.50. The van der Waals surface area contributed by atoms with E-state index in [9.17, 15) is 4.79 Å². The lowest BCUT2D eigenvalue weighted by atomic mass is 10.3. The summed E-state index contributed by atoms with van der Waals surface area (Å²) in [6.45, 7) is 2.40. The molecule has 2 aromatic heterocycles. The van der Waals surface area contributed by atoms with Crippen molar-refractivity contribution in [1.29, 1.82) is 0 Å². The molecule has 0 saturated heterocycles. The molecule has 2 aromatic rings. The molecule has 19 heavy (non-hydrogen) atoms. The Morgan fingerprint density at radius 3 is 3.00 bits per heavy atom. The Morgan fingerprint density at radius 1 is 1.42 bits per heavy atom. The smallest absolute Gasteiger partial charge is 0.343 e. The zero-order valence-electron chi connectivity index (χ0n) is 10.8. The van der Waals surface area contributed by atoms with Crippen LogP contribution < -0.4 is 5.32 Å². The fourth-order valence-electron chi connectivity index (χ4n) is 1.60. The van der Waals surface area contributed by atoms with E-state index < -0.39 is 5.97 Å². The number of nitrogens with one attached hydrogen (secondary N) is 1. The van der Waals surface area contributed by atoms with E-state index >= 15 is 0 Å². The van der Waals surface area contributed by atoms with Gasteiger partial charge in [-0.15, -0.1) is 0 Å². The molecule has 0 saturated carbocycles. The molecule has 0 radical (unpaired) electrons. The molecular weight excluding hydrogens is 244 g/mol. The quantitative estimate of drug-likeness (QED) is 0.839. The van der Waals surface area contributed by atoms with Gasteiger partial charge in [0.05, 0.1) is 19.3 Å². The normalized spacial score (nSPS) is 10.0. The largest absolute Gasteiger partial charge is 0.465 e. The summed E-state index contributed by atoms with van der Waals surface area (Å²) < 4.78 is 4.67. The highest BCUT2D eigenvalue weighted by atomic mass is 16.5. The maximum absolute atomic E-state index is 11.5. The summed E-state index contributed by atoms with van der Waals surface area (Å²) in [5.41, 5.74) is 2.11. The highest BCUT2D eigenvalue weighted by molar-refractivity contribution is 5.94. The molecule has 0 aromatic carbocycles. The summed E-state index contributed by atoms with van der Waals surface area (Å²) in [4.78, 5) is 23.8. The first-order valence-electron chi connectivity index (χ1n) is 5.75. The van der Waals surface area contributed by atoms with Crippen LogP contribution in [0.5, 0.6) is 0 Å². The third kappa shape index (κ3) is 3.25. The molecule has 98 valence electrons. The fourth-order valence-corrected chi connectivity index (χ4v) is 1.60.